The summed E-state index contributed by atoms with van der Waals surface area (Å²) in [6, 6.07) is 94.6. The molecule has 0 unspecified atom stereocenters. The van der Waals surface area contributed by atoms with Crippen molar-refractivity contribution in [2.75, 3.05) is 4.90 Å². The third-order valence-electron chi connectivity index (χ3n) is 12.3. The summed E-state index contributed by atoms with van der Waals surface area (Å²) in [6.45, 7) is 0. The first-order valence-electron chi connectivity index (χ1n) is 21.7. The molecule has 1 heteroatoms. The fourth-order valence-corrected chi connectivity index (χ4v) is 9.10. The van der Waals surface area contributed by atoms with Crippen LogP contribution in [-0.4, -0.2) is 0 Å². The smallest absolute Gasteiger partial charge is 0.0468 e. The van der Waals surface area contributed by atoms with Crippen LogP contribution in [0.1, 0.15) is 0 Å². The summed E-state index contributed by atoms with van der Waals surface area (Å²) >= 11 is 0. The SMILES string of the molecule is c1ccc(-c2ccc(N(c3ccc(-c4ccc5ccccc5c4)cc3)c3ccc4cc(-c5ccccc5-c5ccccc5-c5ccccc5-c5ccccc5)ccc4c3)cc2)cc1. The summed E-state index contributed by atoms with van der Waals surface area (Å²) < 4.78 is 0. The van der Waals surface area contributed by atoms with E-state index in [0.29, 0.717) is 0 Å². The van der Waals surface area contributed by atoms with E-state index in [1.807, 2.05) is 0 Å². The second-order valence-corrected chi connectivity index (χ2v) is 16.1. The van der Waals surface area contributed by atoms with E-state index in [0.717, 1.165) is 17.1 Å². The summed E-state index contributed by atoms with van der Waals surface area (Å²) in [4.78, 5) is 2.37. The van der Waals surface area contributed by atoms with Gasteiger partial charge in [-0.3, -0.25) is 0 Å². The highest BCUT2D eigenvalue weighted by molar-refractivity contribution is 5.98. The van der Waals surface area contributed by atoms with Crippen molar-refractivity contribution in [2.24, 2.45) is 0 Å². The third kappa shape index (κ3) is 7.47. The predicted octanol–water partition coefficient (Wildman–Crippen LogP) is 17.5. The van der Waals surface area contributed by atoms with Crippen LogP contribution in [0, 0.1) is 0 Å². The molecule has 0 bridgehead atoms. The second kappa shape index (κ2) is 16.7. The Morgan fingerprint density at radius 2 is 0.508 bits per heavy atom. The average Bonchev–Trinajstić information content (AvgIpc) is 3.37. The van der Waals surface area contributed by atoms with Crippen LogP contribution < -0.4 is 4.90 Å². The first-order chi connectivity index (χ1) is 31.2. The minimum atomic E-state index is 1.10. The zero-order valence-electron chi connectivity index (χ0n) is 34.8. The molecule has 296 valence electrons. The van der Waals surface area contributed by atoms with Gasteiger partial charge in [0.1, 0.15) is 0 Å². The minimum Gasteiger partial charge on any atom is -0.310 e. The standard InChI is InChI=1S/C62H43N/c1-3-15-44(16-4-1)46-31-36-54(37-32-46)63(55-38-33-47(34-39-55)50-28-27-45-17-7-8-20-49(45)41-50)56-40-35-51-42-53(30-29-52(51)43-56)58-22-10-12-24-60(58)62-26-14-13-25-61(62)59-23-11-9-21-57(59)48-18-5-2-6-19-48/h1-43H. The van der Waals surface area contributed by atoms with Crippen molar-refractivity contribution in [3.63, 3.8) is 0 Å². The number of anilines is 3. The molecule has 1 nitrogen and oxygen atoms in total. The van der Waals surface area contributed by atoms with Gasteiger partial charge < -0.3 is 4.90 Å². The highest BCUT2D eigenvalue weighted by atomic mass is 15.1. The molecule has 0 radical (unpaired) electrons. The largest absolute Gasteiger partial charge is 0.310 e. The zero-order chi connectivity index (χ0) is 42.0. The molecule has 0 saturated heterocycles. The van der Waals surface area contributed by atoms with E-state index in [-0.39, 0.29) is 0 Å². The van der Waals surface area contributed by atoms with E-state index < -0.39 is 0 Å². The predicted molar refractivity (Wildman–Crippen MR) is 269 cm³/mol. The molecule has 63 heavy (non-hydrogen) atoms. The van der Waals surface area contributed by atoms with Crippen molar-refractivity contribution in [3.05, 3.63) is 261 Å². The molecule has 11 aromatic rings. The maximum Gasteiger partial charge on any atom is 0.0468 e. The lowest BCUT2D eigenvalue weighted by molar-refractivity contribution is 1.29. The van der Waals surface area contributed by atoms with Gasteiger partial charge in [0, 0.05) is 17.1 Å². The number of nitrogens with zero attached hydrogens (tertiary/aromatic N) is 1. The van der Waals surface area contributed by atoms with Crippen molar-refractivity contribution in [1.29, 1.82) is 0 Å². The Balaban J connectivity index is 0.968. The molecule has 0 saturated carbocycles. The second-order valence-electron chi connectivity index (χ2n) is 16.1. The summed E-state index contributed by atoms with van der Waals surface area (Å²) in [7, 11) is 0. The molecule has 0 aliphatic heterocycles. The van der Waals surface area contributed by atoms with Gasteiger partial charge in [0.05, 0.1) is 0 Å². The molecule has 0 N–H and O–H groups in total. The quantitative estimate of drug-likeness (QED) is 0.141. The van der Waals surface area contributed by atoms with Gasteiger partial charge >= 0.3 is 0 Å². The minimum absolute atomic E-state index is 1.10. The Morgan fingerprint density at radius 1 is 0.175 bits per heavy atom. The molecule has 11 rings (SSSR count). The normalized spacial score (nSPS) is 11.2. The van der Waals surface area contributed by atoms with Crippen molar-refractivity contribution in [2.45, 2.75) is 0 Å². The van der Waals surface area contributed by atoms with E-state index in [2.05, 4.69) is 266 Å². The summed E-state index contributed by atoms with van der Waals surface area (Å²) in [6.07, 6.45) is 0. The Hall–Kier alpha value is -8.26. The van der Waals surface area contributed by atoms with Gasteiger partial charge in [0.15, 0.2) is 0 Å². The Bertz CT molecular complexity index is 3370. The van der Waals surface area contributed by atoms with E-state index in [1.54, 1.807) is 0 Å². The van der Waals surface area contributed by atoms with Gasteiger partial charge in [0.25, 0.3) is 0 Å². The van der Waals surface area contributed by atoms with Gasteiger partial charge in [-0.15, -0.1) is 0 Å². The van der Waals surface area contributed by atoms with Crippen LogP contribution in [0.15, 0.2) is 261 Å². The number of fused-ring (bicyclic) bond motifs is 2. The summed E-state index contributed by atoms with van der Waals surface area (Å²) in [5, 5.41) is 4.88. The molecule has 0 spiro atoms. The summed E-state index contributed by atoms with van der Waals surface area (Å²) in [5.74, 6) is 0. The lowest BCUT2D eigenvalue weighted by atomic mass is 9.86. The third-order valence-corrected chi connectivity index (χ3v) is 12.3. The number of hydrogen-bond donors (Lipinski definition) is 0. The highest BCUT2D eigenvalue weighted by Crippen LogP contribution is 2.43. The maximum atomic E-state index is 2.37. The van der Waals surface area contributed by atoms with Crippen LogP contribution in [0.3, 0.4) is 0 Å². The maximum absolute atomic E-state index is 2.37. The van der Waals surface area contributed by atoms with E-state index in [9.17, 15) is 0 Å². The van der Waals surface area contributed by atoms with Crippen LogP contribution in [0.25, 0.3) is 88.3 Å². The Morgan fingerprint density at radius 3 is 1.11 bits per heavy atom. The van der Waals surface area contributed by atoms with Crippen LogP contribution in [0.2, 0.25) is 0 Å². The topological polar surface area (TPSA) is 3.24 Å². The lowest BCUT2D eigenvalue weighted by Gasteiger charge is -2.26. The number of benzene rings is 11. The van der Waals surface area contributed by atoms with E-state index in [1.165, 1.54) is 88.3 Å². The molecule has 0 heterocycles. The van der Waals surface area contributed by atoms with E-state index >= 15 is 0 Å². The molecule has 0 fully saturated rings. The van der Waals surface area contributed by atoms with Gasteiger partial charge in [-0.25, -0.2) is 0 Å². The summed E-state index contributed by atoms with van der Waals surface area (Å²) in [5.41, 5.74) is 17.8. The molecule has 0 aromatic heterocycles. The zero-order valence-corrected chi connectivity index (χ0v) is 34.8. The number of hydrogen-bond acceptors (Lipinski definition) is 1. The average molecular weight is 802 g/mol. The van der Waals surface area contributed by atoms with Crippen LogP contribution in [0.5, 0.6) is 0 Å². The van der Waals surface area contributed by atoms with Crippen molar-refractivity contribution in [1.82, 2.24) is 0 Å². The first-order valence-corrected chi connectivity index (χ1v) is 21.7. The molecular formula is C62H43N. The van der Waals surface area contributed by atoms with E-state index in [4.69, 9.17) is 0 Å². The molecule has 0 atom stereocenters. The fourth-order valence-electron chi connectivity index (χ4n) is 9.10. The van der Waals surface area contributed by atoms with Crippen molar-refractivity contribution in [3.8, 4) is 66.8 Å². The van der Waals surface area contributed by atoms with Crippen molar-refractivity contribution >= 4 is 38.6 Å². The monoisotopic (exact) mass is 801 g/mol. The molecule has 11 aromatic carbocycles. The number of rotatable bonds is 9. The molecule has 0 amide bonds. The van der Waals surface area contributed by atoms with Gasteiger partial charge in [-0.2, -0.15) is 0 Å². The van der Waals surface area contributed by atoms with Gasteiger partial charge in [-0.1, -0.05) is 212 Å². The van der Waals surface area contributed by atoms with Crippen molar-refractivity contribution < 1.29 is 0 Å². The van der Waals surface area contributed by atoms with Crippen LogP contribution in [0.4, 0.5) is 17.1 Å². The van der Waals surface area contributed by atoms with Gasteiger partial charge in [-0.05, 0) is 137 Å². The van der Waals surface area contributed by atoms with Crippen LogP contribution >= 0.6 is 0 Å². The first kappa shape index (κ1) is 37.7. The Labute approximate surface area is 369 Å². The van der Waals surface area contributed by atoms with Gasteiger partial charge in [0.2, 0.25) is 0 Å². The van der Waals surface area contributed by atoms with Crippen LogP contribution in [-0.2, 0) is 0 Å². The fraction of sp³-hybridized carbons (Fsp3) is 0. The highest BCUT2D eigenvalue weighted by Gasteiger charge is 2.17. The molecule has 0 aliphatic carbocycles. The molecule has 0 aliphatic rings. The lowest BCUT2D eigenvalue weighted by Crippen LogP contribution is -2.09. The Kier molecular flexibility index (Phi) is 9.97. The molecular weight excluding hydrogens is 759 g/mol.